The number of hydrogen-bond acceptors (Lipinski definition) is 5. The Morgan fingerprint density at radius 3 is 2.48 bits per heavy atom. The molecule has 2 heterocycles. The first kappa shape index (κ1) is 19.1. The first-order chi connectivity index (χ1) is 11.7. The second-order valence-corrected chi connectivity index (χ2v) is 6.63. The lowest BCUT2D eigenvalue weighted by Crippen LogP contribution is -2.44. The number of furan rings is 1. The van der Waals surface area contributed by atoms with Gasteiger partial charge in [0.05, 0.1) is 18.3 Å². The normalized spacial score (nSPS) is 14.8. The molecule has 0 saturated carbocycles. The third kappa shape index (κ3) is 4.22. The smallest absolute Gasteiger partial charge is 0.315 e. The summed E-state index contributed by atoms with van der Waals surface area (Å²) >= 11 is 0. The second-order valence-electron chi connectivity index (χ2n) is 6.63. The molecular weight excluding hydrogens is 322 g/mol. The van der Waals surface area contributed by atoms with E-state index in [2.05, 4.69) is 15.8 Å². The predicted octanol–water partition coefficient (Wildman–Crippen LogP) is 3.16. The van der Waals surface area contributed by atoms with Crippen molar-refractivity contribution in [2.45, 2.75) is 59.6 Å². The molecular formula is C18H27N3O4. The van der Waals surface area contributed by atoms with E-state index in [-0.39, 0.29) is 18.6 Å². The molecule has 0 fully saturated rings. The Morgan fingerprint density at radius 1 is 1.32 bits per heavy atom. The molecule has 0 aliphatic heterocycles. The molecule has 0 aliphatic carbocycles. The van der Waals surface area contributed by atoms with Gasteiger partial charge in [0, 0.05) is 11.1 Å². The first-order valence-corrected chi connectivity index (χ1v) is 8.42. The number of carbonyl (C=O) groups excluding carboxylic acids is 1. The van der Waals surface area contributed by atoms with E-state index in [9.17, 15) is 9.90 Å². The van der Waals surface area contributed by atoms with Crippen molar-refractivity contribution in [2.75, 3.05) is 6.54 Å². The van der Waals surface area contributed by atoms with Gasteiger partial charge in [0.2, 0.25) is 0 Å². The number of nitrogens with zero attached hydrogens (tertiary/aromatic N) is 1. The van der Waals surface area contributed by atoms with Crippen LogP contribution in [0.3, 0.4) is 0 Å². The SMILES string of the molecule is CCC(NC(=O)NCC(C)(O)c1cc(C)oc1C)c1c(C)noc1C. The molecule has 0 radical (unpaired) electrons. The average Bonchev–Trinajstić information content (AvgIpc) is 3.05. The molecule has 2 unspecified atom stereocenters. The van der Waals surface area contributed by atoms with Gasteiger partial charge < -0.3 is 24.7 Å². The highest BCUT2D eigenvalue weighted by atomic mass is 16.5. The monoisotopic (exact) mass is 349 g/mol. The van der Waals surface area contributed by atoms with Gasteiger partial charge in [-0.3, -0.25) is 0 Å². The zero-order chi connectivity index (χ0) is 18.8. The highest BCUT2D eigenvalue weighted by Crippen LogP contribution is 2.27. The van der Waals surface area contributed by atoms with Crippen LogP contribution < -0.4 is 10.6 Å². The van der Waals surface area contributed by atoms with Gasteiger partial charge in [0.15, 0.2) is 0 Å². The van der Waals surface area contributed by atoms with E-state index in [1.165, 1.54) is 0 Å². The maximum atomic E-state index is 12.3. The van der Waals surface area contributed by atoms with E-state index in [1.54, 1.807) is 19.9 Å². The second kappa shape index (κ2) is 7.31. The molecule has 7 heteroatoms. The van der Waals surface area contributed by atoms with Crippen LogP contribution >= 0.6 is 0 Å². The topological polar surface area (TPSA) is 101 Å². The van der Waals surface area contributed by atoms with E-state index in [4.69, 9.17) is 8.94 Å². The summed E-state index contributed by atoms with van der Waals surface area (Å²) in [5.41, 5.74) is 1.11. The lowest BCUT2D eigenvalue weighted by Gasteiger charge is -2.24. The lowest BCUT2D eigenvalue weighted by molar-refractivity contribution is 0.0577. The van der Waals surface area contributed by atoms with Crippen LogP contribution in [-0.2, 0) is 5.60 Å². The minimum absolute atomic E-state index is 0.0662. The Morgan fingerprint density at radius 2 is 2.00 bits per heavy atom. The van der Waals surface area contributed by atoms with Crippen molar-refractivity contribution in [3.63, 3.8) is 0 Å². The van der Waals surface area contributed by atoms with Crippen molar-refractivity contribution >= 4 is 6.03 Å². The third-order valence-corrected chi connectivity index (χ3v) is 4.37. The molecule has 2 aromatic rings. The van der Waals surface area contributed by atoms with Gasteiger partial charge in [0.25, 0.3) is 0 Å². The molecule has 2 amide bonds. The Kier molecular flexibility index (Phi) is 5.57. The fraction of sp³-hybridized carbons (Fsp3) is 0.556. The van der Waals surface area contributed by atoms with Crippen LogP contribution in [0.25, 0.3) is 0 Å². The quantitative estimate of drug-likeness (QED) is 0.744. The standard InChI is InChI=1S/C18H27N3O4/c1-7-15(16-11(3)21-25-13(16)5)20-17(22)19-9-18(6,23)14-8-10(2)24-12(14)4/h8,15,23H,7,9H2,1-6H3,(H2,19,20,22). The van der Waals surface area contributed by atoms with Gasteiger partial charge in [-0.25, -0.2) is 4.79 Å². The fourth-order valence-electron chi connectivity index (χ4n) is 3.09. The van der Waals surface area contributed by atoms with Crippen LogP contribution in [0.15, 0.2) is 15.0 Å². The van der Waals surface area contributed by atoms with E-state index in [0.717, 1.165) is 17.0 Å². The van der Waals surface area contributed by atoms with Crippen molar-refractivity contribution in [2.24, 2.45) is 0 Å². The number of aromatic nitrogens is 1. The molecule has 0 spiro atoms. The minimum Gasteiger partial charge on any atom is -0.466 e. The van der Waals surface area contributed by atoms with Gasteiger partial charge in [-0.1, -0.05) is 12.1 Å². The number of urea groups is 1. The summed E-state index contributed by atoms with van der Waals surface area (Å²) in [5.74, 6) is 2.06. The van der Waals surface area contributed by atoms with Crippen LogP contribution in [0, 0.1) is 27.7 Å². The molecule has 2 atom stereocenters. The van der Waals surface area contributed by atoms with Crippen molar-refractivity contribution < 1.29 is 18.8 Å². The largest absolute Gasteiger partial charge is 0.466 e. The van der Waals surface area contributed by atoms with Crippen LogP contribution in [0.2, 0.25) is 0 Å². The molecule has 0 bridgehead atoms. The zero-order valence-electron chi connectivity index (χ0n) is 15.7. The van der Waals surface area contributed by atoms with E-state index in [1.807, 2.05) is 27.7 Å². The predicted molar refractivity (Wildman–Crippen MR) is 93.3 cm³/mol. The van der Waals surface area contributed by atoms with Crippen molar-refractivity contribution in [1.82, 2.24) is 15.8 Å². The number of aliphatic hydroxyl groups is 1. The summed E-state index contributed by atoms with van der Waals surface area (Å²) in [7, 11) is 0. The Labute approximate surface area is 147 Å². The molecule has 0 saturated heterocycles. The third-order valence-electron chi connectivity index (χ3n) is 4.37. The summed E-state index contributed by atoms with van der Waals surface area (Å²) in [6.45, 7) is 11.0. The van der Waals surface area contributed by atoms with Crippen LogP contribution in [-0.4, -0.2) is 22.8 Å². The van der Waals surface area contributed by atoms with Gasteiger partial charge >= 0.3 is 6.03 Å². The Balaban J connectivity index is 2.01. The number of rotatable bonds is 6. The molecule has 7 nitrogen and oxygen atoms in total. The fourth-order valence-corrected chi connectivity index (χ4v) is 3.09. The van der Waals surface area contributed by atoms with E-state index >= 15 is 0 Å². The highest BCUT2D eigenvalue weighted by molar-refractivity contribution is 5.74. The molecule has 0 aromatic carbocycles. The average molecular weight is 349 g/mol. The Bertz CT molecular complexity index is 726. The van der Waals surface area contributed by atoms with Gasteiger partial charge in [0.1, 0.15) is 22.9 Å². The number of hydrogen-bond donors (Lipinski definition) is 3. The van der Waals surface area contributed by atoms with Crippen molar-refractivity contribution in [3.05, 3.63) is 40.2 Å². The first-order valence-electron chi connectivity index (χ1n) is 8.42. The zero-order valence-corrected chi connectivity index (χ0v) is 15.7. The molecule has 138 valence electrons. The van der Waals surface area contributed by atoms with Gasteiger partial charge in [-0.15, -0.1) is 0 Å². The van der Waals surface area contributed by atoms with Gasteiger partial charge in [-0.2, -0.15) is 0 Å². The number of aryl methyl sites for hydroxylation is 4. The molecule has 3 N–H and O–H groups in total. The summed E-state index contributed by atoms with van der Waals surface area (Å²) in [6, 6.07) is 1.23. The van der Waals surface area contributed by atoms with E-state index in [0.29, 0.717) is 23.5 Å². The molecule has 2 rings (SSSR count). The van der Waals surface area contributed by atoms with Crippen LogP contribution in [0.1, 0.15) is 60.4 Å². The molecule has 2 aromatic heterocycles. The summed E-state index contributed by atoms with van der Waals surface area (Å²) in [4.78, 5) is 12.3. The Hall–Kier alpha value is -2.28. The number of carbonyl (C=O) groups is 1. The number of nitrogens with one attached hydrogen (secondary N) is 2. The maximum Gasteiger partial charge on any atom is 0.315 e. The van der Waals surface area contributed by atoms with Crippen molar-refractivity contribution in [3.8, 4) is 0 Å². The maximum absolute atomic E-state index is 12.3. The minimum atomic E-state index is -1.22. The summed E-state index contributed by atoms with van der Waals surface area (Å²) in [5, 5.41) is 20.2. The summed E-state index contributed by atoms with van der Waals surface area (Å²) in [6.07, 6.45) is 0.701. The molecule has 25 heavy (non-hydrogen) atoms. The molecule has 0 aliphatic rings. The summed E-state index contributed by atoms with van der Waals surface area (Å²) < 4.78 is 10.6. The number of amides is 2. The van der Waals surface area contributed by atoms with Crippen LogP contribution in [0.5, 0.6) is 0 Å². The van der Waals surface area contributed by atoms with Crippen molar-refractivity contribution in [1.29, 1.82) is 0 Å². The van der Waals surface area contributed by atoms with Crippen LogP contribution in [0.4, 0.5) is 4.79 Å². The highest BCUT2D eigenvalue weighted by Gasteiger charge is 2.29. The van der Waals surface area contributed by atoms with Gasteiger partial charge in [-0.05, 0) is 47.1 Å². The van der Waals surface area contributed by atoms with E-state index < -0.39 is 5.60 Å². The lowest BCUT2D eigenvalue weighted by atomic mass is 9.96.